The Balaban J connectivity index is 1.81. The summed E-state index contributed by atoms with van der Waals surface area (Å²) >= 11 is 0. The number of rotatable bonds is 5. The van der Waals surface area contributed by atoms with E-state index in [1.807, 2.05) is 12.1 Å². The van der Waals surface area contributed by atoms with E-state index in [1.165, 1.54) is 30.7 Å². The van der Waals surface area contributed by atoms with Gasteiger partial charge in [0.25, 0.3) is 11.6 Å². The Kier molecular flexibility index (Phi) is 5.61. The molecular weight excluding hydrogens is 344 g/mol. The Labute approximate surface area is 157 Å². The minimum atomic E-state index is -0.834. The minimum absolute atomic E-state index is 0.124. The number of carbonyl (C=O) groups excluding carboxylic acids is 1. The first-order valence-corrected chi connectivity index (χ1v) is 8.85. The Morgan fingerprint density at radius 3 is 2.67 bits per heavy atom. The largest absolute Gasteiger partial charge is 0.365 e. The van der Waals surface area contributed by atoms with Crippen LogP contribution in [0.25, 0.3) is 0 Å². The molecule has 1 heterocycles. The highest BCUT2D eigenvalue weighted by atomic mass is 16.6. The van der Waals surface area contributed by atoms with Crippen LogP contribution < -0.4 is 5.73 Å². The van der Waals surface area contributed by atoms with Crippen LogP contribution >= 0.6 is 0 Å². The Morgan fingerprint density at radius 2 is 2.04 bits per heavy atom. The fourth-order valence-electron chi connectivity index (χ4n) is 3.48. The van der Waals surface area contributed by atoms with Gasteiger partial charge in [0.2, 0.25) is 0 Å². The molecule has 7 heteroatoms. The van der Waals surface area contributed by atoms with Gasteiger partial charge in [0.1, 0.15) is 5.56 Å². The molecule has 3 rings (SSSR count). The molecule has 1 fully saturated rings. The van der Waals surface area contributed by atoms with Crippen LogP contribution in [0.2, 0.25) is 0 Å². The number of carbonyl (C=O) groups is 1. The zero-order valence-electron chi connectivity index (χ0n) is 15.2. The van der Waals surface area contributed by atoms with Crippen LogP contribution in [-0.2, 0) is 0 Å². The van der Waals surface area contributed by atoms with Crippen LogP contribution in [-0.4, -0.2) is 42.1 Å². The summed E-state index contributed by atoms with van der Waals surface area (Å²) in [4.78, 5) is 28.8. The molecule has 140 valence electrons. The summed E-state index contributed by atoms with van der Waals surface area (Å²) in [5.41, 5.74) is 7.01. The van der Waals surface area contributed by atoms with Crippen molar-refractivity contribution < 1.29 is 9.72 Å². The molecule has 0 saturated carbocycles. The summed E-state index contributed by atoms with van der Waals surface area (Å²) in [7, 11) is 2.14. The van der Waals surface area contributed by atoms with Gasteiger partial charge >= 0.3 is 0 Å². The van der Waals surface area contributed by atoms with Crippen LogP contribution in [0.5, 0.6) is 0 Å². The van der Waals surface area contributed by atoms with Crippen molar-refractivity contribution in [3.8, 4) is 0 Å². The summed E-state index contributed by atoms with van der Waals surface area (Å²) < 4.78 is 0. The molecule has 7 nitrogen and oxygen atoms in total. The number of nitro groups is 1. The van der Waals surface area contributed by atoms with E-state index >= 15 is 0 Å². The zero-order chi connectivity index (χ0) is 19.4. The Morgan fingerprint density at radius 1 is 1.30 bits per heavy atom. The minimum Gasteiger partial charge on any atom is -0.365 e. The second-order valence-corrected chi connectivity index (χ2v) is 6.82. The standard InChI is InChI=1S/C20H22N4O3/c1-23-11-3-5-16(13-23)14-7-9-17(10-8-14)22-12-15-4-2-6-18(20(21)25)19(15)24(26)27/h2,4,6-10,12,16H,3,5,11,13H2,1H3,(H2,21,25)/t16-/m1/s1. The van der Waals surface area contributed by atoms with Crippen molar-refractivity contribution in [2.75, 3.05) is 20.1 Å². The van der Waals surface area contributed by atoms with Gasteiger partial charge < -0.3 is 10.6 Å². The molecule has 1 aliphatic rings. The number of amides is 1. The number of nitrogens with zero attached hydrogens (tertiary/aromatic N) is 3. The van der Waals surface area contributed by atoms with Crippen LogP contribution in [0.3, 0.4) is 0 Å². The maximum Gasteiger partial charge on any atom is 0.290 e. The maximum atomic E-state index is 11.4. The molecular formula is C20H22N4O3. The quantitative estimate of drug-likeness (QED) is 0.498. The monoisotopic (exact) mass is 366 g/mol. The lowest BCUT2D eigenvalue weighted by Gasteiger charge is -2.29. The number of likely N-dealkylation sites (tertiary alicyclic amines) is 1. The van der Waals surface area contributed by atoms with Gasteiger partial charge in [-0.3, -0.25) is 19.9 Å². The number of likely N-dealkylation sites (N-methyl/N-ethyl adjacent to an activating group) is 1. The summed E-state index contributed by atoms with van der Waals surface area (Å²) in [6, 6.07) is 12.4. The first kappa shape index (κ1) is 18.7. The molecule has 1 saturated heterocycles. The number of hydrogen-bond donors (Lipinski definition) is 1. The third-order valence-electron chi connectivity index (χ3n) is 4.86. The van der Waals surface area contributed by atoms with Crippen LogP contribution in [0.1, 0.15) is 40.2 Å². The molecule has 2 aromatic carbocycles. The highest BCUT2D eigenvalue weighted by Crippen LogP contribution is 2.28. The predicted octanol–water partition coefficient (Wildman–Crippen LogP) is 3.25. The van der Waals surface area contributed by atoms with E-state index in [4.69, 9.17) is 5.73 Å². The maximum absolute atomic E-state index is 11.4. The summed E-state index contributed by atoms with van der Waals surface area (Å²) in [6.45, 7) is 2.19. The predicted molar refractivity (Wildman–Crippen MR) is 105 cm³/mol. The summed E-state index contributed by atoms with van der Waals surface area (Å²) in [6.07, 6.45) is 3.77. The van der Waals surface area contributed by atoms with E-state index in [0.717, 1.165) is 13.1 Å². The van der Waals surface area contributed by atoms with Gasteiger partial charge in [0.05, 0.1) is 16.2 Å². The lowest BCUT2D eigenvalue weighted by Crippen LogP contribution is -2.30. The Hall–Kier alpha value is -3.06. The number of para-hydroxylation sites is 1. The number of benzene rings is 2. The van der Waals surface area contributed by atoms with E-state index < -0.39 is 10.8 Å². The van der Waals surface area contributed by atoms with E-state index in [1.54, 1.807) is 12.1 Å². The molecule has 0 bridgehead atoms. The van der Waals surface area contributed by atoms with Crippen molar-refractivity contribution in [3.63, 3.8) is 0 Å². The molecule has 0 radical (unpaired) electrons. The van der Waals surface area contributed by atoms with Gasteiger partial charge in [0, 0.05) is 12.8 Å². The number of primary amides is 1. The van der Waals surface area contributed by atoms with Gasteiger partial charge in [-0.2, -0.15) is 0 Å². The van der Waals surface area contributed by atoms with E-state index in [2.05, 4.69) is 29.1 Å². The van der Waals surface area contributed by atoms with Gasteiger partial charge in [-0.1, -0.05) is 18.2 Å². The van der Waals surface area contributed by atoms with E-state index in [-0.39, 0.29) is 16.8 Å². The molecule has 2 N–H and O–H groups in total. The van der Waals surface area contributed by atoms with E-state index in [9.17, 15) is 14.9 Å². The lowest BCUT2D eigenvalue weighted by molar-refractivity contribution is -0.385. The second-order valence-electron chi connectivity index (χ2n) is 6.82. The zero-order valence-corrected chi connectivity index (χ0v) is 15.2. The third kappa shape index (κ3) is 4.38. The number of nitro benzene ring substituents is 1. The molecule has 0 aromatic heterocycles. The summed E-state index contributed by atoms with van der Waals surface area (Å²) in [5.74, 6) is -0.311. The summed E-state index contributed by atoms with van der Waals surface area (Å²) in [5, 5.41) is 11.3. The van der Waals surface area contributed by atoms with Crippen molar-refractivity contribution in [1.29, 1.82) is 0 Å². The molecule has 27 heavy (non-hydrogen) atoms. The van der Waals surface area contributed by atoms with Gasteiger partial charge in [-0.15, -0.1) is 0 Å². The fraction of sp³-hybridized carbons (Fsp3) is 0.300. The lowest BCUT2D eigenvalue weighted by atomic mass is 9.91. The second kappa shape index (κ2) is 8.09. The number of hydrogen-bond acceptors (Lipinski definition) is 5. The molecule has 1 atom stereocenters. The number of aliphatic imine (C=N–C) groups is 1. The first-order chi connectivity index (χ1) is 13.0. The molecule has 0 unspecified atom stereocenters. The molecule has 0 aliphatic carbocycles. The van der Waals surface area contributed by atoms with Crippen LogP contribution in [0, 0.1) is 10.1 Å². The highest BCUT2D eigenvalue weighted by Gasteiger charge is 2.22. The highest BCUT2D eigenvalue weighted by molar-refractivity contribution is 6.01. The molecule has 1 aliphatic heterocycles. The number of piperidine rings is 1. The first-order valence-electron chi connectivity index (χ1n) is 8.85. The van der Waals surface area contributed by atoms with Gasteiger partial charge in [0.15, 0.2) is 0 Å². The third-order valence-corrected chi connectivity index (χ3v) is 4.86. The SMILES string of the molecule is CN1CCC[C@@H](c2ccc(N=Cc3cccc(C(N)=O)c3[N+](=O)[O-])cc2)C1. The number of nitrogens with two attached hydrogens (primary N) is 1. The molecule has 1 amide bonds. The fourth-order valence-corrected chi connectivity index (χ4v) is 3.48. The topological polar surface area (TPSA) is 102 Å². The smallest absolute Gasteiger partial charge is 0.290 e. The van der Waals surface area contributed by atoms with Crippen molar-refractivity contribution in [2.24, 2.45) is 10.7 Å². The average Bonchev–Trinajstić information content (AvgIpc) is 2.66. The Bertz CT molecular complexity index is 877. The molecule has 2 aromatic rings. The average molecular weight is 366 g/mol. The van der Waals surface area contributed by atoms with Crippen molar-refractivity contribution >= 4 is 23.5 Å². The van der Waals surface area contributed by atoms with Gasteiger partial charge in [-0.05, 0) is 62.2 Å². The van der Waals surface area contributed by atoms with Crippen molar-refractivity contribution in [1.82, 2.24) is 4.90 Å². The van der Waals surface area contributed by atoms with Gasteiger partial charge in [-0.25, -0.2) is 0 Å². The van der Waals surface area contributed by atoms with Crippen LogP contribution in [0.15, 0.2) is 47.5 Å². The van der Waals surface area contributed by atoms with Crippen molar-refractivity contribution in [3.05, 3.63) is 69.3 Å². The normalized spacial score (nSPS) is 17.9. The molecule has 0 spiro atoms. The van der Waals surface area contributed by atoms with Crippen LogP contribution in [0.4, 0.5) is 11.4 Å². The van der Waals surface area contributed by atoms with E-state index in [0.29, 0.717) is 11.6 Å². The van der Waals surface area contributed by atoms with Crippen molar-refractivity contribution in [2.45, 2.75) is 18.8 Å².